The van der Waals surface area contributed by atoms with Gasteiger partial charge in [0, 0.05) is 12.5 Å². The highest BCUT2D eigenvalue weighted by molar-refractivity contribution is 5.81. The first-order valence-corrected chi connectivity index (χ1v) is 12.6. The van der Waals surface area contributed by atoms with Crippen LogP contribution in [0.1, 0.15) is 45.4 Å². The average Bonchev–Trinajstić information content (AvgIpc) is 2.86. The molecule has 0 heterocycles. The van der Waals surface area contributed by atoms with E-state index >= 15 is 0 Å². The molecule has 0 aliphatic heterocycles. The van der Waals surface area contributed by atoms with Crippen LogP contribution in [0.4, 0.5) is 0 Å². The molecule has 0 unspecified atom stereocenters. The van der Waals surface area contributed by atoms with Crippen molar-refractivity contribution < 1.29 is 47.5 Å². The zero-order valence-electron chi connectivity index (χ0n) is 21.5. The molecule has 35 heavy (non-hydrogen) atoms. The molecule has 0 aromatic carbocycles. The topological polar surface area (TPSA) is 108 Å². The monoisotopic (exact) mass is 506 g/mol. The van der Waals surface area contributed by atoms with E-state index in [-0.39, 0.29) is 19.2 Å². The second-order valence-corrected chi connectivity index (χ2v) is 7.43. The Hall–Kier alpha value is -1.56. The largest absolute Gasteiger partial charge is 0.463 e. The Bertz CT molecular complexity index is 487. The van der Waals surface area contributed by atoms with Gasteiger partial charge in [-0.3, -0.25) is 4.79 Å². The molecular weight excluding hydrogens is 460 g/mol. The van der Waals surface area contributed by atoms with Crippen LogP contribution in [0.5, 0.6) is 0 Å². The van der Waals surface area contributed by atoms with Gasteiger partial charge in [0.25, 0.3) is 0 Å². The molecule has 0 bridgehead atoms. The summed E-state index contributed by atoms with van der Waals surface area (Å²) in [7, 11) is 0. The van der Waals surface area contributed by atoms with Crippen molar-refractivity contribution >= 4 is 11.9 Å². The fourth-order valence-corrected chi connectivity index (χ4v) is 2.62. The van der Waals surface area contributed by atoms with E-state index < -0.39 is 5.97 Å². The first-order valence-electron chi connectivity index (χ1n) is 12.6. The SMILES string of the molecule is C=CC(=O)OCCOCCOCCOCCOCCOCCOCCOC(=O)CCCCCCC. The van der Waals surface area contributed by atoms with E-state index in [9.17, 15) is 9.59 Å². The summed E-state index contributed by atoms with van der Waals surface area (Å²) in [6.07, 6.45) is 7.18. The van der Waals surface area contributed by atoms with Gasteiger partial charge >= 0.3 is 11.9 Å². The second-order valence-electron chi connectivity index (χ2n) is 7.43. The van der Waals surface area contributed by atoms with Crippen molar-refractivity contribution in [1.82, 2.24) is 0 Å². The van der Waals surface area contributed by atoms with Crippen LogP contribution in [0, 0.1) is 0 Å². The van der Waals surface area contributed by atoms with Crippen molar-refractivity contribution in [3.63, 3.8) is 0 Å². The summed E-state index contributed by atoms with van der Waals surface area (Å²) in [5, 5.41) is 0. The fourth-order valence-electron chi connectivity index (χ4n) is 2.62. The molecule has 10 nitrogen and oxygen atoms in total. The van der Waals surface area contributed by atoms with Gasteiger partial charge in [-0.25, -0.2) is 4.79 Å². The number of unbranched alkanes of at least 4 members (excludes halogenated alkanes) is 4. The molecule has 0 saturated heterocycles. The summed E-state index contributed by atoms with van der Waals surface area (Å²) >= 11 is 0. The molecule has 0 aromatic rings. The summed E-state index contributed by atoms with van der Waals surface area (Å²) in [5.41, 5.74) is 0. The zero-order valence-corrected chi connectivity index (χ0v) is 21.5. The summed E-state index contributed by atoms with van der Waals surface area (Å²) in [6.45, 7) is 11.3. The van der Waals surface area contributed by atoms with Gasteiger partial charge in [0.15, 0.2) is 0 Å². The quantitative estimate of drug-likeness (QED) is 0.0893. The maximum Gasteiger partial charge on any atom is 0.330 e. The highest BCUT2D eigenvalue weighted by Gasteiger charge is 2.02. The van der Waals surface area contributed by atoms with E-state index in [2.05, 4.69) is 13.5 Å². The molecule has 10 heteroatoms. The van der Waals surface area contributed by atoms with Crippen LogP contribution in [0.15, 0.2) is 12.7 Å². The molecular formula is C25H46O10. The molecule has 0 aromatic heterocycles. The van der Waals surface area contributed by atoms with Crippen LogP contribution in [0.3, 0.4) is 0 Å². The van der Waals surface area contributed by atoms with E-state index in [1.54, 1.807) is 0 Å². The smallest absolute Gasteiger partial charge is 0.330 e. The van der Waals surface area contributed by atoms with Crippen LogP contribution in [-0.2, 0) is 47.5 Å². The maximum absolute atomic E-state index is 11.6. The van der Waals surface area contributed by atoms with Crippen molar-refractivity contribution in [2.45, 2.75) is 45.4 Å². The second kappa shape index (κ2) is 28.7. The number of esters is 2. The summed E-state index contributed by atoms with van der Waals surface area (Å²) in [6, 6.07) is 0. The van der Waals surface area contributed by atoms with Crippen LogP contribution >= 0.6 is 0 Å². The first kappa shape index (κ1) is 33.4. The van der Waals surface area contributed by atoms with Crippen molar-refractivity contribution in [3.05, 3.63) is 12.7 Å². The number of hydrogen-bond acceptors (Lipinski definition) is 10. The number of ether oxygens (including phenoxy) is 8. The van der Waals surface area contributed by atoms with Gasteiger partial charge in [0.2, 0.25) is 0 Å². The Balaban J connectivity index is 3.11. The molecule has 0 aliphatic carbocycles. The van der Waals surface area contributed by atoms with Crippen molar-refractivity contribution in [3.8, 4) is 0 Å². The molecule has 0 fully saturated rings. The van der Waals surface area contributed by atoms with Gasteiger partial charge in [-0.1, -0.05) is 39.2 Å². The molecule has 0 spiro atoms. The lowest BCUT2D eigenvalue weighted by molar-refractivity contribution is -0.145. The van der Waals surface area contributed by atoms with Gasteiger partial charge in [-0.2, -0.15) is 0 Å². The standard InChI is InChI=1S/C25H46O10/c1-3-5-6-7-8-9-25(27)35-23-21-33-19-17-31-15-13-29-11-10-28-12-14-30-16-18-32-20-22-34-24(26)4-2/h4H,2-3,5-23H2,1H3. The summed E-state index contributed by atoms with van der Waals surface area (Å²) < 4.78 is 42.1. The Morgan fingerprint density at radius 1 is 0.543 bits per heavy atom. The summed E-state index contributed by atoms with van der Waals surface area (Å²) in [5.74, 6) is -0.610. The van der Waals surface area contributed by atoms with Crippen LogP contribution in [0.2, 0.25) is 0 Å². The minimum absolute atomic E-state index is 0.151. The normalized spacial score (nSPS) is 10.9. The average molecular weight is 507 g/mol. The third-order valence-electron chi connectivity index (χ3n) is 4.47. The van der Waals surface area contributed by atoms with E-state index in [1.165, 1.54) is 19.3 Å². The first-order chi connectivity index (χ1) is 17.2. The van der Waals surface area contributed by atoms with Gasteiger partial charge < -0.3 is 37.9 Å². The van der Waals surface area contributed by atoms with Gasteiger partial charge in [-0.05, 0) is 6.42 Å². The third-order valence-corrected chi connectivity index (χ3v) is 4.47. The minimum atomic E-state index is -0.459. The third kappa shape index (κ3) is 28.6. The fraction of sp³-hybridized carbons (Fsp3) is 0.840. The Morgan fingerprint density at radius 2 is 0.914 bits per heavy atom. The van der Waals surface area contributed by atoms with E-state index in [4.69, 9.17) is 37.9 Å². The van der Waals surface area contributed by atoms with E-state index in [0.717, 1.165) is 18.9 Å². The minimum Gasteiger partial charge on any atom is -0.463 e. The van der Waals surface area contributed by atoms with Crippen LogP contribution < -0.4 is 0 Å². The molecule has 0 saturated carbocycles. The van der Waals surface area contributed by atoms with E-state index in [1.807, 2.05) is 0 Å². The summed E-state index contributed by atoms with van der Waals surface area (Å²) in [4.78, 5) is 22.4. The molecule has 0 N–H and O–H groups in total. The Morgan fingerprint density at radius 3 is 1.31 bits per heavy atom. The lowest BCUT2D eigenvalue weighted by Gasteiger charge is -2.08. The maximum atomic E-state index is 11.6. The molecule has 0 aliphatic rings. The molecule has 0 atom stereocenters. The molecule has 206 valence electrons. The number of carbonyl (C=O) groups excluding carboxylic acids is 2. The molecule has 0 amide bonds. The Kier molecular flexibility index (Phi) is 27.4. The highest BCUT2D eigenvalue weighted by atomic mass is 16.6. The van der Waals surface area contributed by atoms with Gasteiger partial charge in [-0.15, -0.1) is 0 Å². The number of rotatable bonds is 28. The van der Waals surface area contributed by atoms with Crippen molar-refractivity contribution in [1.29, 1.82) is 0 Å². The van der Waals surface area contributed by atoms with E-state index in [0.29, 0.717) is 85.7 Å². The van der Waals surface area contributed by atoms with Crippen molar-refractivity contribution in [2.75, 3.05) is 92.5 Å². The lowest BCUT2D eigenvalue weighted by Crippen LogP contribution is -2.15. The zero-order chi connectivity index (χ0) is 25.7. The van der Waals surface area contributed by atoms with Crippen LogP contribution in [0.25, 0.3) is 0 Å². The lowest BCUT2D eigenvalue weighted by atomic mass is 10.1. The molecule has 0 radical (unpaired) electrons. The van der Waals surface area contributed by atoms with Crippen molar-refractivity contribution in [2.24, 2.45) is 0 Å². The van der Waals surface area contributed by atoms with Crippen LogP contribution in [-0.4, -0.2) is 104 Å². The van der Waals surface area contributed by atoms with Gasteiger partial charge in [0.1, 0.15) is 13.2 Å². The predicted molar refractivity (Wildman–Crippen MR) is 130 cm³/mol. The predicted octanol–water partition coefficient (Wildman–Crippen LogP) is 2.72. The highest BCUT2D eigenvalue weighted by Crippen LogP contribution is 2.05. The number of carbonyl (C=O) groups is 2. The van der Waals surface area contributed by atoms with Gasteiger partial charge in [0.05, 0.1) is 79.3 Å². The number of hydrogen-bond donors (Lipinski definition) is 0. The molecule has 0 rings (SSSR count). The Labute approximate surface area is 210 Å².